The van der Waals surface area contributed by atoms with Crippen molar-refractivity contribution in [3.8, 4) is 0 Å². The lowest BCUT2D eigenvalue weighted by atomic mass is 9.92. The van der Waals surface area contributed by atoms with Crippen LogP contribution in [0, 0.1) is 0 Å². The van der Waals surface area contributed by atoms with Crippen molar-refractivity contribution in [2.45, 2.75) is 37.1 Å². The van der Waals surface area contributed by atoms with Crippen molar-refractivity contribution in [1.29, 1.82) is 0 Å². The molecule has 0 fully saturated rings. The Morgan fingerprint density at radius 3 is 2.87 bits per heavy atom. The zero-order valence-electron chi connectivity index (χ0n) is 12.5. The average molecular weight is 347 g/mol. The summed E-state index contributed by atoms with van der Waals surface area (Å²) in [5, 5.41) is 1.95. The molecule has 5 nitrogen and oxygen atoms in total. The van der Waals surface area contributed by atoms with Crippen molar-refractivity contribution in [3.05, 3.63) is 52.8 Å². The van der Waals surface area contributed by atoms with Gasteiger partial charge in [-0.25, -0.2) is 18.1 Å². The molecule has 0 aliphatic heterocycles. The summed E-state index contributed by atoms with van der Waals surface area (Å²) in [7, 11) is -3.51. The zero-order valence-corrected chi connectivity index (χ0v) is 14.2. The first-order valence-corrected chi connectivity index (χ1v) is 10.0. The Kier molecular flexibility index (Phi) is 3.71. The molecule has 2 heterocycles. The Bertz CT molecular complexity index is 928. The van der Waals surface area contributed by atoms with Crippen molar-refractivity contribution in [2.75, 3.05) is 0 Å². The number of hydrogen-bond donors (Lipinski definition) is 1. The summed E-state index contributed by atoms with van der Waals surface area (Å²) in [6, 6.07) is 5.48. The summed E-state index contributed by atoms with van der Waals surface area (Å²) in [5.74, 6) is 0. The summed E-state index contributed by atoms with van der Waals surface area (Å²) in [6.45, 7) is 0.202. The lowest BCUT2D eigenvalue weighted by Crippen LogP contribution is -2.23. The predicted molar refractivity (Wildman–Crippen MR) is 90.2 cm³/mol. The van der Waals surface area contributed by atoms with Gasteiger partial charge in [0.2, 0.25) is 10.0 Å². The van der Waals surface area contributed by atoms with Gasteiger partial charge in [-0.2, -0.15) is 0 Å². The number of aromatic nitrogens is 2. The molecule has 1 aliphatic rings. The maximum Gasteiger partial charge on any atom is 0.240 e. The van der Waals surface area contributed by atoms with E-state index in [9.17, 15) is 8.42 Å². The van der Waals surface area contributed by atoms with Crippen molar-refractivity contribution in [3.63, 3.8) is 0 Å². The largest absolute Gasteiger partial charge is 0.297 e. The average Bonchev–Trinajstić information content (AvgIpc) is 3.14. The molecule has 0 amide bonds. The van der Waals surface area contributed by atoms with E-state index in [-0.39, 0.29) is 6.54 Å². The molecule has 0 saturated carbocycles. The van der Waals surface area contributed by atoms with Gasteiger partial charge in [-0.05, 0) is 48.9 Å². The highest BCUT2D eigenvalue weighted by Gasteiger charge is 2.18. The summed E-state index contributed by atoms with van der Waals surface area (Å²) in [5.41, 5.74) is 3.17. The Morgan fingerprint density at radius 1 is 1.22 bits per heavy atom. The van der Waals surface area contributed by atoms with Crippen LogP contribution >= 0.6 is 11.3 Å². The van der Waals surface area contributed by atoms with Gasteiger partial charge in [-0.1, -0.05) is 6.07 Å². The maximum atomic E-state index is 12.5. The summed E-state index contributed by atoms with van der Waals surface area (Å²) in [6.07, 6.45) is 8.10. The molecule has 23 heavy (non-hydrogen) atoms. The molecule has 0 atom stereocenters. The normalized spacial score (nSPS) is 15.0. The van der Waals surface area contributed by atoms with E-state index in [1.807, 2.05) is 34.3 Å². The van der Waals surface area contributed by atoms with Crippen LogP contribution in [0.15, 0.2) is 40.9 Å². The highest BCUT2D eigenvalue weighted by Crippen LogP contribution is 2.24. The van der Waals surface area contributed by atoms with Gasteiger partial charge in [0.1, 0.15) is 0 Å². The van der Waals surface area contributed by atoms with Gasteiger partial charge in [0.05, 0.1) is 17.1 Å². The fourth-order valence-corrected chi connectivity index (χ4v) is 4.76. The Hall–Kier alpha value is -1.70. The number of hydrogen-bond acceptors (Lipinski definition) is 4. The SMILES string of the molecule is O=S(=O)(NCc1cn2ccsc2n1)c1ccc2c(c1)CCCC2. The number of aryl methyl sites for hydroxylation is 2. The number of thiazole rings is 1. The minimum atomic E-state index is -3.51. The van der Waals surface area contributed by atoms with Crippen LogP contribution in [-0.2, 0) is 29.4 Å². The van der Waals surface area contributed by atoms with Gasteiger partial charge >= 0.3 is 0 Å². The van der Waals surface area contributed by atoms with Gasteiger partial charge in [0, 0.05) is 17.8 Å². The lowest BCUT2D eigenvalue weighted by Gasteiger charge is -2.16. The molecule has 1 N–H and O–H groups in total. The number of imidazole rings is 1. The number of nitrogens with zero attached hydrogens (tertiary/aromatic N) is 2. The third-order valence-electron chi connectivity index (χ3n) is 4.22. The van der Waals surface area contributed by atoms with Crippen LogP contribution in [0.2, 0.25) is 0 Å². The van der Waals surface area contributed by atoms with Crippen LogP contribution in [-0.4, -0.2) is 17.8 Å². The molecule has 0 saturated heterocycles. The van der Waals surface area contributed by atoms with Gasteiger partial charge in [0.15, 0.2) is 4.96 Å². The second-order valence-corrected chi connectivity index (χ2v) is 8.43. The highest BCUT2D eigenvalue weighted by molar-refractivity contribution is 7.89. The molecule has 120 valence electrons. The molecule has 3 aromatic rings. The van der Waals surface area contributed by atoms with Crippen LogP contribution in [0.1, 0.15) is 29.7 Å². The molecule has 1 aromatic carbocycles. The Labute approximate surface area is 139 Å². The molecular formula is C16H17N3O2S2. The predicted octanol–water partition coefficient (Wildman–Crippen LogP) is 2.75. The maximum absolute atomic E-state index is 12.5. The van der Waals surface area contributed by atoms with Crippen LogP contribution in [0.25, 0.3) is 4.96 Å². The van der Waals surface area contributed by atoms with Crippen molar-refractivity contribution in [1.82, 2.24) is 14.1 Å². The van der Waals surface area contributed by atoms with Gasteiger partial charge < -0.3 is 0 Å². The summed E-state index contributed by atoms with van der Waals surface area (Å²) in [4.78, 5) is 5.61. The first-order valence-electron chi connectivity index (χ1n) is 7.64. The molecule has 2 aromatic heterocycles. The van der Waals surface area contributed by atoms with E-state index in [0.29, 0.717) is 4.90 Å². The lowest BCUT2D eigenvalue weighted by molar-refractivity contribution is 0.580. The zero-order chi connectivity index (χ0) is 15.9. The summed E-state index contributed by atoms with van der Waals surface area (Å²) < 4.78 is 29.5. The number of benzene rings is 1. The third kappa shape index (κ3) is 2.91. The second-order valence-electron chi connectivity index (χ2n) is 5.79. The molecule has 0 unspecified atom stereocenters. The Morgan fingerprint density at radius 2 is 2.04 bits per heavy atom. The van der Waals surface area contributed by atoms with Crippen LogP contribution in [0.5, 0.6) is 0 Å². The van der Waals surface area contributed by atoms with E-state index < -0.39 is 10.0 Å². The van der Waals surface area contributed by atoms with Crippen LogP contribution < -0.4 is 4.72 Å². The number of fused-ring (bicyclic) bond motifs is 2. The highest BCUT2D eigenvalue weighted by atomic mass is 32.2. The van der Waals surface area contributed by atoms with E-state index >= 15 is 0 Å². The van der Waals surface area contributed by atoms with E-state index in [1.54, 1.807) is 6.07 Å². The molecule has 7 heteroatoms. The smallest absolute Gasteiger partial charge is 0.240 e. The fraction of sp³-hybridized carbons (Fsp3) is 0.312. The monoisotopic (exact) mass is 347 g/mol. The standard InChI is InChI=1S/C16H17N3O2S2/c20-23(21,15-6-5-12-3-1-2-4-13(12)9-15)17-10-14-11-19-7-8-22-16(19)18-14/h5-9,11,17H,1-4,10H2. The van der Waals surface area contributed by atoms with Crippen LogP contribution in [0.4, 0.5) is 0 Å². The van der Waals surface area contributed by atoms with Gasteiger partial charge in [0.25, 0.3) is 0 Å². The molecular weight excluding hydrogens is 330 g/mol. The van der Waals surface area contributed by atoms with Crippen molar-refractivity contribution in [2.24, 2.45) is 0 Å². The minimum Gasteiger partial charge on any atom is -0.297 e. The van der Waals surface area contributed by atoms with Crippen molar-refractivity contribution < 1.29 is 8.42 Å². The molecule has 4 rings (SSSR count). The fourth-order valence-electron chi connectivity index (χ4n) is 2.99. The number of sulfonamides is 1. The third-order valence-corrected chi connectivity index (χ3v) is 6.39. The topological polar surface area (TPSA) is 63.5 Å². The van der Waals surface area contributed by atoms with Crippen LogP contribution in [0.3, 0.4) is 0 Å². The number of nitrogens with one attached hydrogen (secondary N) is 1. The molecule has 0 spiro atoms. The first-order chi connectivity index (χ1) is 11.1. The first kappa shape index (κ1) is 14.9. The van der Waals surface area contributed by atoms with Crippen molar-refractivity contribution >= 4 is 26.3 Å². The Balaban J connectivity index is 1.54. The van der Waals surface area contributed by atoms with Gasteiger partial charge in [-0.15, -0.1) is 11.3 Å². The van der Waals surface area contributed by atoms with E-state index in [2.05, 4.69) is 9.71 Å². The second kappa shape index (κ2) is 5.74. The molecule has 0 bridgehead atoms. The van der Waals surface area contributed by atoms with Gasteiger partial charge in [-0.3, -0.25) is 4.40 Å². The van der Waals surface area contributed by atoms with E-state index in [1.165, 1.54) is 28.9 Å². The van der Waals surface area contributed by atoms with E-state index in [4.69, 9.17) is 0 Å². The quantitative estimate of drug-likeness (QED) is 0.789. The molecule has 0 radical (unpaired) electrons. The van der Waals surface area contributed by atoms with E-state index in [0.717, 1.165) is 29.9 Å². The summed E-state index contributed by atoms with van der Waals surface area (Å²) >= 11 is 1.53. The molecule has 1 aliphatic carbocycles. The number of rotatable bonds is 4. The minimum absolute atomic E-state index is 0.202.